The minimum absolute atomic E-state index is 0.528. The zero-order chi connectivity index (χ0) is 19.7. The van der Waals surface area contributed by atoms with Crippen LogP contribution >= 0.6 is 0 Å². The fraction of sp³-hybridized carbons (Fsp3) is 0.625. The molecule has 2 rings (SSSR count). The Kier molecular flexibility index (Phi) is 8.93. The number of aromatic nitrogens is 4. The first kappa shape index (κ1) is 22.3. The number of rotatable bonds is 8. The molecular formula is C16H29N5O4S. The van der Waals surface area contributed by atoms with Crippen LogP contribution in [-0.4, -0.2) is 73.6 Å². The van der Waals surface area contributed by atoms with E-state index in [9.17, 15) is 8.42 Å². The van der Waals surface area contributed by atoms with E-state index in [0.717, 1.165) is 32.7 Å². The van der Waals surface area contributed by atoms with Crippen molar-refractivity contribution >= 4 is 10.2 Å². The molecule has 10 heteroatoms. The lowest BCUT2D eigenvalue weighted by atomic mass is 10.2. The van der Waals surface area contributed by atoms with Crippen molar-refractivity contribution in [2.45, 2.75) is 26.7 Å². The Labute approximate surface area is 155 Å². The molecular weight excluding hydrogens is 358 g/mol. The van der Waals surface area contributed by atoms with Gasteiger partial charge < -0.3 is 9.47 Å². The minimum Gasteiger partial charge on any atom is -0.384 e. The number of hydrogen-bond donors (Lipinski definition) is 1. The molecule has 2 aromatic heterocycles. The van der Waals surface area contributed by atoms with Crippen LogP contribution in [0.3, 0.4) is 0 Å². The van der Waals surface area contributed by atoms with E-state index in [1.54, 1.807) is 14.2 Å². The highest BCUT2D eigenvalue weighted by Gasteiger charge is 2.18. The molecule has 9 nitrogen and oxygen atoms in total. The highest BCUT2D eigenvalue weighted by atomic mass is 32.2. The molecule has 0 aromatic carbocycles. The van der Waals surface area contributed by atoms with Crippen LogP contribution in [0.15, 0.2) is 12.4 Å². The summed E-state index contributed by atoms with van der Waals surface area (Å²) in [6, 6.07) is 0. The largest absolute Gasteiger partial charge is 0.384 e. The van der Waals surface area contributed by atoms with E-state index in [-0.39, 0.29) is 0 Å². The molecule has 0 aliphatic heterocycles. The van der Waals surface area contributed by atoms with Crippen molar-refractivity contribution in [3.8, 4) is 0 Å². The summed E-state index contributed by atoms with van der Waals surface area (Å²) in [6.45, 7) is 5.15. The predicted octanol–water partition coefficient (Wildman–Crippen LogP) is 0.942. The maximum Gasteiger partial charge on any atom is 0.322 e. The fourth-order valence-electron chi connectivity index (χ4n) is 2.03. The molecule has 1 N–H and O–H groups in total. The number of aromatic amines is 1. The zero-order valence-electron chi connectivity index (χ0n) is 16.3. The molecule has 2 heterocycles. The highest BCUT2D eigenvalue weighted by Crippen LogP contribution is 2.09. The number of methoxy groups -OCH3 is 2. The monoisotopic (exact) mass is 387 g/mol. The van der Waals surface area contributed by atoms with Gasteiger partial charge in [0.05, 0.1) is 25.1 Å². The van der Waals surface area contributed by atoms with Gasteiger partial charge in [-0.05, 0) is 25.0 Å². The topological polar surface area (TPSA) is 102 Å². The standard InChI is InChI=1S/C9H17N3O3S.C7H12N2O/c1-8-7-12(16(13,14)11(2)3)10-9(8)5-6-15-4;1-6-5-8-9-7(6)3-4-10-2/h7H,5-6H2,1-4H3;5H,3-4H2,1-2H3,(H,8,9). The smallest absolute Gasteiger partial charge is 0.322 e. The SMILES string of the molecule is COCCc1[nH]ncc1C.COCCc1nn(S(=O)(=O)N(C)C)cc1C. The Hall–Kier alpha value is -1.75. The number of nitrogens with one attached hydrogen (secondary N) is 1. The molecule has 0 saturated heterocycles. The second kappa shape index (κ2) is 10.4. The van der Waals surface area contributed by atoms with Crippen LogP contribution < -0.4 is 0 Å². The summed E-state index contributed by atoms with van der Waals surface area (Å²) in [7, 11) is 2.74. The molecule has 0 unspecified atom stereocenters. The van der Waals surface area contributed by atoms with Crippen LogP contribution in [0.5, 0.6) is 0 Å². The van der Waals surface area contributed by atoms with Gasteiger partial charge in [-0.1, -0.05) is 0 Å². The van der Waals surface area contributed by atoms with E-state index in [1.807, 2.05) is 20.0 Å². The minimum atomic E-state index is -3.51. The number of H-pyrrole nitrogens is 1. The molecule has 26 heavy (non-hydrogen) atoms. The van der Waals surface area contributed by atoms with E-state index < -0.39 is 10.2 Å². The lowest BCUT2D eigenvalue weighted by Gasteiger charge is -2.10. The number of ether oxygens (including phenoxy) is 2. The van der Waals surface area contributed by atoms with Gasteiger partial charge in [0.2, 0.25) is 0 Å². The summed E-state index contributed by atoms with van der Waals surface area (Å²) in [4.78, 5) is 0. The Morgan fingerprint density at radius 3 is 2.23 bits per heavy atom. The van der Waals surface area contributed by atoms with Gasteiger partial charge in [0.15, 0.2) is 0 Å². The molecule has 0 radical (unpaired) electrons. The van der Waals surface area contributed by atoms with Crippen LogP contribution in [0.4, 0.5) is 0 Å². The highest BCUT2D eigenvalue weighted by molar-refractivity contribution is 7.87. The normalized spacial score (nSPS) is 11.5. The molecule has 0 fully saturated rings. The van der Waals surface area contributed by atoms with Gasteiger partial charge in [-0.2, -0.15) is 27.0 Å². The number of hydrogen-bond acceptors (Lipinski definition) is 6. The summed E-state index contributed by atoms with van der Waals surface area (Å²) in [5.41, 5.74) is 3.97. The first-order valence-corrected chi connectivity index (χ1v) is 9.58. The van der Waals surface area contributed by atoms with Gasteiger partial charge in [0.25, 0.3) is 0 Å². The average Bonchev–Trinajstić information content (AvgIpc) is 3.17. The van der Waals surface area contributed by atoms with E-state index >= 15 is 0 Å². The van der Waals surface area contributed by atoms with Crippen molar-refractivity contribution in [3.05, 3.63) is 34.9 Å². The number of aryl methyl sites for hydroxylation is 2. The maximum absolute atomic E-state index is 11.8. The molecule has 0 aliphatic rings. The van der Waals surface area contributed by atoms with Gasteiger partial charge >= 0.3 is 10.2 Å². The molecule has 0 saturated carbocycles. The molecule has 0 aliphatic carbocycles. The van der Waals surface area contributed by atoms with Crippen molar-refractivity contribution < 1.29 is 17.9 Å². The van der Waals surface area contributed by atoms with Gasteiger partial charge in [0, 0.05) is 53.0 Å². The maximum atomic E-state index is 11.8. The Bertz CT molecular complexity index is 767. The Morgan fingerprint density at radius 2 is 1.73 bits per heavy atom. The molecule has 0 atom stereocenters. The van der Waals surface area contributed by atoms with Gasteiger partial charge in [0.1, 0.15) is 0 Å². The van der Waals surface area contributed by atoms with E-state index in [4.69, 9.17) is 9.47 Å². The zero-order valence-corrected chi connectivity index (χ0v) is 17.1. The first-order valence-electron chi connectivity index (χ1n) is 8.18. The van der Waals surface area contributed by atoms with Gasteiger partial charge in [-0.15, -0.1) is 0 Å². The van der Waals surface area contributed by atoms with Crippen LogP contribution in [0.2, 0.25) is 0 Å². The quantitative estimate of drug-likeness (QED) is 0.723. The summed E-state index contributed by atoms with van der Waals surface area (Å²) < 4.78 is 35.5. The molecule has 2 aromatic rings. The van der Waals surface area contributed by atoms with Crippen LogP contribution in [-0.2, 0) is 32.5 Å². The average molecular weight is 388 g/mol. The van der Waals surface area contributed by atoms with Crippen molar-refractivity contribution in [1.82, 2.24) is 23.7 Å². The van der Waals surface area contributed by atoms with E-state index in [2.05, 4.69) is 15.3 Å². The van der Waals surface area contributed by atoms with Crippen molar-refractivity contribution in [2.75, 3.05) is 41.5 Å². The second-order valence-electron chi connectivity index (χ2n) is 5.94. The molecule has 0 amide bonds. The third-order valence-electron chi connectivity index (χ3n) is 3.71. The predicted molar refractivity (Wildman–Crippen MR) is 99.5 cm³/mol. The number of nitrogens with zero attached hydrogens (tertiary/aromatic N) is 4. The lowest BCUT2D eigenvalue weighted by molar-refractivity contribution is 0.201. The van der Waals surface area contributed by atoms with Crippen LogP contribution in [0.1, 0.15) is 22.5 Å². The fourth-order valence-corrected chi connectivity index (χ4v) is 2.86. The van der Waals surface area contributed by atoms with Crippen LogP contribution in [0, 0.1) is 13.8 Å². The second-order valence-corrected chi connectivity index (χ2v) is 7.94. The van der Waals surface area contributed by atoms with Gasteiger partial charge in [-0.25, -0.2) is 0 Å². The van der Waals surface area contributed by atoms with E-state index in [0.29, 0.717) is 13.0 Å². The first-order chi connectivity index (χ1) is 12.2. The van der Waals surface area contributed by atoms with E-state index in [1.165, 1.54) is 31.5 Å². The van der Waals surface area contributed by atoms with Crippen molar-refractivity contribution in [3.63, 3.8) is 0 Å². The third-order valence-corrected chi connectivity index (χ3v) is 5.29. The third kappa shape index (κ3) is 6.20. The summed E-state index contributed by atoms with van der Waals surface area (Å²) in [5.74, 6) is 0. The summed E-state index contributed by atoms with van der Waals surface area (Å²) >= 11 is 0. The Morgan fingerprint density at radius 1 is 1.12 bits per heavy atom. The lowest BCUT2D eigenvalue weighted by Crippen LogP contribution is -2.29. The Balaban J connectivity index is 0.000000289. The van der Waals surface area contributed by atoms with Crippen molar-refractivity contribution in [1.29, 1.82) is 0 Å². The molecule has 148 valence electrons. The molecule has 0 bridgehead atoms. The van der Waals surface area contributed by atoms with Gasteiger partial charge in [-0.3, -0.25) is 5.10 Å². The summed E-state index contributed by atoms with van der Waals surface area (Å²) in [5, 5.41) is 10.9. The van der Waals surface area contributed by atoms with Crippen molar-refractivity contribution in [2.24, 2.45) is 0 Å². The summed E-state index contributed by atoms with van der Waals surface area (Å²) in [6.07, 6.45) is 4.87. The van der Waals surface area contributed by atoms with Crippen LogP contribution in [0.25, 0.3) is 0 Å². The molecule has 0 spiro atoms.